The van der Waals surface area contributed by atoms with Crippen LogP contribution in [0.5, 0.6) is 0 Å². The standard InChI is InChI=1S/C23H31N3O2S/c1-4-13-23(14-5-2)15-10-16-25(23)19-21-17-24-22(29(27,28)6-3)26(21)18-20-11-8-7-9-12-20/h4-5,7-9,11-12,17H,1-2,6,10,13-16,18-19H2,3H3. The molecule has 29 heavy (non-hydrogen) atoms. The molecule has 0 radical (unpaired) electrons. The van der Waals surface area contributed by atoms with Crippen molar-refractivity contribution in [2.45, 2.75) is 56.4 Å². The number of benzene rings is 1. The minimum atomic E-state index is -3.41. The van der Waals surface area contributed by atoms with E-state index in [0.717, 1.165) is 43.5 Å². The second kappa shape index (κ2) is 9.09. The van der Waals surface area contributed by atoms with Gasteiger partial charge in [0.1, 0.15) is 0 Å². The largest absolute Gasteiger partial charge is 0.313 e. The van der Waals surface area contributed by atoms with Gasteiger partial charge in [0.2, 0.25) is 15.0 Å². The maximum atomic E-state index is 12.7. The predicted octanol–water partition coefficient (Wildman–Crippen LogP) is 4.21. The molecule has 0 N–H and O–H groups in total. The summed E-state index contributed by atoms with van der Waals surface area (Å²) in [5, 5.41) is 0.163. The predicted molar refractivity (Wildman–Crippen MR) is 118 cm³/mol. The van der Waals surface area contributed by atoms with Crippen LogP contribution in [0.15, 0.2) is 67.0 Å². The molecule has 0 bridgehead atoms. The van der Waals surface area contributed by atoms with E-state index >= 15 is 0 Å². The molecule has 3 rings (SSSR count). The summed E-state index contributed by atoms with van der Waals surface area (Å²) in [6.07, 6.45) is 9.70. The smallest absolute Gasteiger partial charge is 0.228 e. The van der Waals surface area contributed by atoms with Crippen LogP contribution in [-0.2, 0) is 22.9 Å². The van der Waals surface area contributed by atoms with Gasteiger partial charge in [-0.1, -0.05) is 49.4 Å². The molecule has 0 spiro atoms. The molecule has 1 saturated heterocycles. The van der Waals surface area contributed by atoms with Crippen molar-refractivity contribution >= 4 is 9.84 Å². The molecule has 6 heteroatoms. The topological polar surface area (TPSA) is 55.2 Å². The fourth-order valence-corrected chi connectivity index (χ4v) is 5.34. The number of aromatic nitrogens is 2. The van der Waals surface area contributed by atoms with Gasteiger partial charge in [-0.25, -0.2) is 13.4 Å². The molecule has 0 amide bonds. The molecule has 0 aliphatic carbocycles. The third-order valence-corrected chi connectivity index (χ3v) is 7.53. The summed E-state index contributed by atoms with van der Waals surface area (Å²) >= 11 is 0. The molecular formula is C23H31N3O2S. The first-order valence-electron chi connectivity index (χ1n) is 10.2. The Labute approximate surface area is 174 Å². The summed E-state index contributed by atoms with van der Waals surface area (Å²) in [5.74, 6) is 0.0405. The minimum absolute atomic E-state index is 0.00907. The highest BCUT2D eigenvalue weighted by atomic mass is 32.2. The quantitative estimate of drug-likeness (QED) is 0.548. The van der Waals surface area contributed by atoms with Crippen LogP contribution in [-0.4, -0.2) is 40.7 Å². The Kier molecular flexibility index (Phi) is 6.75. The Morgan fingerprint density at radius 1 is 1.14 bits per heavy atom. The lowest BCUT2D eigenvalue weighted by Gasteiger charge is -2.37. The summed E-state index contributed by atoms with van der Waals surface area (Å²) in [4.78, 5) is 6.80. The van der Waals surface area contributed by atoms with Crippen LogP contribution >= 0.6 is 0 Å². The van der Waals surface area contributed by atoms with Gasteiger partial charge in [-0.2, -0.15) is 0 Å². The van der Waals surface area contributed by atoms with Crippen molar-refractivity contribution < 1.29 is 8.42 Å². The lowest BCUT2D eigenvalue weighted by molar-refractivity contribution is 0.130. The summed E-state index contributed by atoms with van der Waals surface area (Å²) in [6.45, 7) is 11.7. The summed E-state index contributed by atoms with van der Waals surface area (Å²) in [7, 11) is -3.41. The first-order chi connectivity index (χ1) is 14.0. The average molecular weight is 414 g/mol. The maximum absolute atomic E-state index is 12.7. The maximum Gasteiger partial charge on any atom is 0.228 e. The van der Waals surface area contributed by atoms with Crippen molar-refractivity contribution in [3.63, 3.8) is 0 Å². The van der Waals surface area contributed by atoms with Crippen LogP contribution in [0.4, 0.5) is 0 Å². The van der Waals surface area contributed by atoms with E-state index in [1.165, 1.54) is 0 Å². The van der Waals surface area contributed by atoms with Gasteiger partial charge in [0, 0.05) is 12.1 Å². The highest BCUT2D eigenvalue weighted by Crippen LogP contribution is 2.37. The van der Waals surface area contributed by atoms with E-state index in [1.807, 2.05) is 47.1 Å². The molecule has 2 aromatic rings. The van der Waals surface area contributed by atoms with Gasteiger partial charge in [-0.3, -0.25) is 4.90 Å². The van der Waals surface area contributed by atoms with Crippen molar-refractivity contribution in [1.29, 1.82) is 0 Å². The monoisotopic (exact) mass is 413 g/mol. The molecular weight excluding hydrogens is 382 g/mol. The van der Waals surface area contributed by atoms with Crippen molar-refractivity contribution in [1.82, 2.24) is 14.5 Å². The Hall–Kier alpha value is -2.18. The SMILES string of the molecule is C=CCC1(CC=C)CCCN1Cc1cnc(S(=O)(=O)CC)n1Cc1ccccc1. The van der Waals surface area contributed by atoms with E-state index in [-0.39, 0.29) is 16.4 Å². The Bertz CT molecular complexity index is 938. The molecule has 1 aliphatic rings. The molecule has 0 atom stereocenters. The van der Waals surface area contributed by atoms with E-state index < -0.39 is 9.84 Å². The van der Waals surface area contributed by atoms with Crippen molar-refractivity contribution in [3.05, 3.63) is 73.1 Å². The number of imidazole rings is 1. The number of hydrogen-bond acceptors (Lipinski definition) is 4. The average Bonchev–Trinajstić information content (AvgIpc) is 3.29. The van der Waals surface area contributed by atoms with E-state index in [4.69, 9.17) is 0 Å². The molecule has 0 saturated carbocycles. The molecule has 5 nitrogen and oxygen atoms in total. The van der Waals surface area contributed by atoms with Crippen LogP contribution in [0.25, 0.3) is 0 Å². The normalized spacial score (nSPS) is 16.7. The van der Waals surface area contributed by atoms with Gasteiger partial charge in [-0.15, -0.1) is 13.2 Å². The Morgan fingerprint density at radius 3 is 2.45 bits per heavy atom. The molecule has 1 aromatic heterocycles. The molecule has 1 aliphatic heterocycles. The Balaban J connectivity index is 1.98. The summed E-state index contributed by atoms with van der Waals surface area (Å²) in [5.41, 5.74) is 2.00. The van der Waals surface area contributed by atoms with E-state index in [1.54, 1.807) is 13.1 Å². The van der Waals surface area contributed by atoms with Gasteiger partial charge >= 0.3 is 0 Å². The molecule has 1 fully saturated rings. The Morgan fingerprint density at radius 2 is 1.83 bits per heavy atom. The van der Waals surface area contributed by atoms with Crippen molar-refractivity contribution in [2.75, 3.05) is 12.3 Å². The highest BCUT2D eigenvalue weighted by molar-refractivity contribution is 7.91. The third kappa shape index (κ3) is 4.54. The van der Waals surface area contributed by atoms with Crippen LogP contribution in [0.2, 0.25) is 0 Å². The van der Waals surface area contributed by atoms with Gasteiger partial charge in [0.25, 0.3) is 0 Å². The summed E-state index contributed by atoms with van der Waals surface area (Å²) in [6, 6.07) is 9.94. The second-order valence-corrected chi connectivity index (χ2v) is 9.91. The molecule has 0 unspecified atom stereocenters. The van der Waals surface area contributed by atoms with E-state index in [9.17, 15) is 8.42 Å². The molecule has 2 heterocycles. The lowest BCUT2D eigenvalue weighted by atomic mass is 9.88. The van der Waals surface area contributed by atoms with Crippen molar-refractivity contribution in [2.24, 2.45) is 0 Å². The van der Waals surface area contributed by atoms with Crippen LogP contribution in [0.3, 0.4) is 0 Å². The van der Waals surface area contributed by atoms with Crippen LogP contribution in [0.1, 0.15) is 43.9 Å². The van der Waals surface area contributed by atoms with Gasteiger partial charge < -0.3 is 4.57 Å². The van der Waals surface area contributed by atoms with Gasteiger partial charge in [-0.05, 0) is 37.8 Å². The van der Waals surface area contributed by atoms with Crippen molar-refractivity contribution in [3.8, 4) is 0 Å². The minimum Gasteiger partial charge on any atom is -0.313 e. The first-order valence-corrected chi connectivity index (χ1v) is 11.9. The number of hydrogen-bond donors (Lipinski definition) is 0. The number of likely N-dealkylation sites (tertiary alicyclic amines) is 1. The lowest BCUT2D eigenvalue weighted by Crippen LogP contribution is -2.43. The van der Waals surface area contributed by atoms with Crippen LogP contribution in [0, 0.1) is 0 Å². The molecule has 1 aromatic carbocycles. The molecule has 156 valence electrons. The second-order valence-electron chi connectivity index (χ2n) is 7.74. The van der Waals surface area contributed by atoms with E-state index in [0.29, 0.717) is 13.1 Å². The first kappa shape index (κ1) is 21.5. The fourth-order valence-electron chi connectivity index (χ4n) is 4.35. The fraction of sp³-hybridized carbons (Fsp3) is 0.435. The van der Waals surface area contributed by atoms with Gasteiger partial charge in [0.15, 0.2) is 0 Å². The zero-order valence-corrected chi connectivity index (χ0v) is 18.1. The van der Waals surface area contributed by atoms with E-state index in [2.05, 4.69) is 23.0 Å². The zero-order chi connectivity index (χ0) is 20.9. The van der Waals surface area contributed by atoms with Crippen LogP contribution < -0.4 is 0 Å². The zero-order valence-electron chi connectivity index (χ0n) is 17.3. The highest BCUT2D eigenvalue weighted by Gasteiger charge is 2.39. The number of rotatable bonds is 10. The third-order valence-electron chi connectivity index (χ3n) is 5.89. The summed E-state index contributed by atoms with van der Waals surface area (Å²) < 4.78 is 27.2. The van der Waals surface area contributed by atoms with Gasteiger partial charge in [0.05, 0.1) is 24.2 Å². The number of nitrogens with zero attached hydrogens (tertiary/aromatic N) is 3. The number of sulfone groups is 1.